The predicted molar refractivity (Wildman–Crippen MR) is 65.1 cm³/mol. The minimum absolute atomic E-state index is 0.205. The fourth-order valence-corrected chi connectivity index (χ4v) is 1.59. The highest BCUT2D eigenvalue weighted by Gasteiger charge is 2.10. The number of aliphatic hydroxyl groups is 1. The lowest BCUT2D eigenvalue weighted by atomic mass is 10.1. The number of nitrogens with zero attached hydrogens (tertiary/aromatic N) is 2. The maximum atomic E-state index is 9.61. The minimum Gasteiger partial charge on any atom is -0.483 e. The van der Waals surface area contributed by atoms with Crippen molar-refractivity contribution in [2.24, 2.45) is 0 Å². The molecule has 0 spiro atoms. The van der Waals surface area contributed by atoms with Gasteiger partial charge in [-0.2, -0.15) is 0 Å². The first-order valence-corrected chi connectivity index (χ1v) is 5.91. The molecule has 0 unspecified atom stereocenters. The molecule has 1 aromatic heterocycles. The SMILES string of the molecule is CCc1nnc(COc2ccccc2[C@H](C)O)o1. The van der Waals surface area contributed by atoms with Gasteiger partial charge in [0.25, 0.3) is 5.89 Å². The zero-order chi connectivity index (χ0) is 13.0. The Morgan fingerprint density at radius 3 is 2.67 bits per heavy atom. The van der Waals surface area contributed by atoms with Gasteiger partial charge in [-0.1, -0.05) is 25.1 Å². The molecule has 1 aromatic carbocycles. The molecule has 18 heavy (non-hydrogen) atoms. The quantitative estimate of drug-likeness (QED) is 0.879. The van der Waals surface area contributed by atoms with Crippen molar-refractivity contribution in [3.63, 3.8) is 0 Å². The molecule has 1 N–H and O–H groups in total. The highest BCUT2D eigenvalue weighted by molar-refractivity contribution is 5.34. The second-order valence-corrected chi connectivity index (χ2v) is 3.95. The molecule has 5 nitrogen and oxygen atoms in total. The van der Waals surface area contributed by atoms with Gasteiger partial charge in [-0.05, 0) is 13.0 Å². The second-order valence-electron chi connectivity index (χ2n) is 3.95. The number of hydrogen-bond donors (Lipinski definition) is 1. The third-order valence-corrected chi connectivity index (χ3v) is 2.53. The topological polar surface area (TPSA) is 68.4 Å². The predicted octanol–water partition coefficient (Wildman–Crippen LogP) is 2.26. The summed E-state index contributed by atoms with van der Waals surface area (Å²) < 4.78 is 10.9. The van der Waals surface area contributed by atoms with E-state index in [1.807, 2.05) is 25.1 Å². The Hall–Kier alpha value is -1.88. The number of hydrogen-bond acceptors (Lipinski definition) is 5. The maximum absolute atomic E-state index is 9.61. The molecule has 0 fully saturated rings. The summed E-state index contributed by atoms with van der Waals surface area (Å²) in [5.74, 6) is 1.66. The number of rotatable bonds is 5. The van der Waals surface area contributed by atoms with Crippen molar-refractivity contribution in [3.8, 4) is 5.75 Å². The Morgan fingerprint density at radius 1 is 1.28 bits per heavy atom. The van der Waals surface area contributed by atoms with Gasteiger partial charge in [0.2, 0.25) is 5.89 Å². The third kappa shape index (κ3) is 2.87. The minimum atomic E-state index is -0.574. The number of aromatic nitrogens is 2. The molecule has 0 bridgehead atoms. The van der Waals surface area contributed by atoms with Crippen LogP contribution in [0, 0.1) is 0 Å². The van der Waals surface area contributed by atoms with Crippen LogP contribution in [-0.2, 0) is 13.0 Å². The van der Waals surface area contributed by atoms with E-state index in [1.165, 1.54) is 0 Å². The summed E-state index contributed by atoms with van der Waals surface area (Å²) in [6.45, 7) is 3.85. The molecular formula is C13H16N2O3. The van der Waals surface area contributed by atoms with Crippen molar-refractivity contribution < 1.29 is 14.3 Å². The zero-order valence-corrected chi connectivity index (χ0v) is 10.5. The van der Waals surface area contributed by atoms with E-state index in [0.717, 1.165) is 5.56 Å². The van der Waals surface area contributed by atoms with E-state index >= 15 is 0 Å². The zero-order valence-electron chi connectivity index (χ0n) is 10.5. The summed E-state index contributed by atoms with van der Waals surface area (Å²) in [5, 5.41) is 17.3. The van der Waals surface area contributed by atoms with Crippen LogP contribution in [0.15, 0.2) is 28.7 Å². The molecule has 0 amide bonds. The molecule has 0 saturated heterocycles. The first-order chi connectivity index (χ1) is 8.70. The summed E-state index contributed by atoms with van der Waals surface area (Å²) in [6, 6.07) is 7.34. The van der Waals surface area contributed by atoms with Crippen LogP contribution in [-0.4, -0.2) is 15.3 Å². The maximum Gasteiger partial charge on any atom is 0.253 e. The Morgan fingerprint density at radius 2 is 2.00 bits per heavy atom. The summed E-state index contributed by atoms with van der Waals surface area (Å²) in [7, 11) is 0. The van der Waals surface area contributed by atoms with E-state index < -0.39 is 6.10 Å². The van der Waals surface area contributed by atoms with Gasteiger partial charge >= 0.3 is 0 Å². The molecule has 0 aliphatic carbocycles. The van der Waals surface area contributed by atoms with Crippen LogP contribution in [0.25, 0.3) is 0 Å². The molecule has 2 rings (SSSR count). The average Bonchev–Trinajstić information content (AvgIpc) is 2.84. The van der Waals surface area contributed by atoms with E-state index in [9.17, 15) is 5.11 Å². The van der Waals surface area contributed by atoms with Crippen molar-refractivity contribution in [1.29, 1.82) is 0 Å². The van der Waals surface area contributed by atoms with Gasteiger partial charge in [-0.15, -0.1) is 10.2 Å². The number of aryl methyl sites for hydroxylation is 1. The molecule has 0 aliphatic heterocycles. The van der Waals surface area contributed by atoms with Crippen LogP contribution in [0.5, 0.6) is 5.75 Å². The first kappa shape index (κ1) is 12.6. The number of ether oxygens (including phenoxy) is 1. The Kier molecular flexibility index (Phi) is 3.94. The molecule has 2 aromatic rings. The van der Waals surface area contributed by atoms with Crippen LogP contribution in [0.4, 0.5) is 0 Å². The molecule has 1 atom stereocenters. The van der Waals surface area contributed by atoms with E-state index in [0.29, 0.717) is 24.0 Å². The van der Waals surface area contributed by atoms with Gasteiger partial charge in [-0.25, -0.2) is 0 Å². The van der Waals surface area contributed by atoms with Gasteiger partial charge in [0, 0.05) is 12.0 Å². The van der Waals surface area contributed by atoms with Gasteiger partial charge < -0.3 is 14.3 Å². The van der Waals surface area contributed by atoms with Crippen molar-refractivity contribution in [1.82, 2.24) is 10.2 Å². The average molecular weight is 248 g/mol. The smallest absolute Gasteiger partial charge is 0.253 e. The highest BCUT2D eigenvalue weighted by atomic mass is 16.5. The normalized spacial score (nSPS) is 12.4. The van der Waals surface area contributed by atoms with Crippen molar-refractivity contribution in [2.45, 2.75) is 33.0 Å². The highest BCUT2D eigenvalue weighted by Crippen LogP contribution is 2.25. The standard InChI is InChI=1S/C13H16N2O3/c1-3-12-14-15-13(18-12)8-17-11-7-5-4-6-10(11)9(2)16/h4-7,9,16H,3,8H2,1-2H3/t9-/m0/s1. The number of aliphatic hydroxyl groups excluding tert-OH is 1. The lowest BCUT2D eigenvalue weighted by Crippen LogP contribution is -2.01. The fraction of sp³-hybridized carbons (Fsp3) is 0.385. The summed E-state index contributed by atoms with van der Waals surface area (Å²) in [4.78, 5) is 0. The molecule has 0 aliphatic rings. The van der Waals surface area contributed by atoms with Crippen molar-refractivity contribution >= 4 is 0 Å². The molecule has 96 valence electrons. The molecular weight excluding hydrogens is 232 g/mol. The van der Waals surface area contributed by atoms with Gasteiger partial charge in [0.15, 0.2) is 6.61 Å². The Bertz CT molecular complexity index is 508. The Labute approximate surface area is 105 Å². The van der Waals surface area contributed by atoms with Gasteiger partial charge in [0.05, 0.1) is 6.10 Å². The molecule has 0 radical (unpaired) electrons. The van der Waals surface area contributed by atoms with Gasteiger partial charge in [0.1, 0.15) is 5.75 Å². The molecule has 1 heterocycles. The van der Waals surface area contributed by atoms with Gasteiger partial charge in [-0.3, -0.25) is 0 Å². The monoisotopic (exact) mass is 248 g/mol. The largest absolute Gasteiger partial charge is 0.483 e. The van der Waals surface area contributed by atoms with Crippen molar-refractivity contribution in [3.05, 3.63) is 41.6 Å². The van der Waals surface area contributed by atoms with Crippen LogP contribution in [0.3, 0.4) is 0 Å². The van der Waals surface area contributed by atoms with Crippen molar-refractivity contribution in [2.75, 3.05) is 0 Å². The summed E-state index contributed by atoms with van der Waals surface area (Å²) in [6.07, 6.45) is 0.132. The summed E-state index contributed by atoms with van der Waals surface area (Å²) in [5.41, 5.74) is 0.743. The van der Waals surface area contributed by atoms with E-state index in [1.54, 1.807) is 13.0 Å². The van der Waals surface area contributed by atoms with E-state index in [-0.39, 0.29) is 6.61 Å². The lowest BCUT2D eigenvalue weighted by molar-refractivity contribution is 0.187. The van der Waals surface area contributed by atoms with Crippen LogP contribution < -0.4 is 4.74 Å². The molecule has 5 heteroatoms. The molecule has 0 saturated carbocycles. The number of benzene rings is 1. The third-order valence-electron chi connectivity index (χ3n) is 2.53. The van der Waals surface area contributed by atoms with E-state index in [2.05, 4.69) is 10.2 Å². The number of para-hydroxylation sites is 1. The van der Waals surface area contributed by atoms with Crippen LogP contribution in [0.1, 0.15) is 37.3 Å². The first-order valence-electron chi connectivity index (χ1n) is 5.91. The second kappa shape index (κ2) is 5.64. The van der Waals surface area contributed by atoms with Crippen LogP contribution in [0.2, 0.25) is 0 Å². The van der Waals surface area contributed by atoms with E-state index in [4.69, 9.17) is 9.15 Å². The summed E-state index contributed by atoms with van der Waals surface area (Å²) >= 11 is 0. The van der Waals surface area contributed by atoms with Crippen LogP contribution >= 0.6 is 0 Å². The lowest BCUT2D eigenvalue weighted by Gasteiger charge is -2.11. The Balaban J connectivity index is 2.05. The fourth-order valence-electron chi connectivity index (χ4n) is 1.59.